The summed E-state index contributed by atoms with van der Waals surface area (Å²) >= 11 is 0. The van der Waals surface area contributed by atoms with Crippen LogP contribution in [0.1, 0.15) is 49.8 Å². The fourth-order valence-electron chi connectivity index (χ4n) is 3.01. The van der Waals surface area contributed by atoms with Gasteiger partial charge in [0, 0.05) is 6.42 Å². The summed E-state index contributed by atoms with van der Waals surface area (Å²) in [5.41, 5.74) is -0.273. The second kappa shape index (κ2) is 7.87. The van der Waals surface area contributed by atoms with Crippen molar-refractivity contribution in [2.24, 2.45) is 16.7 Å². The Balaban J connectivity index is -0.000000500. The normalized spacial score (nSPS) is 21.9. The maximum atomic E-state index is 11.4. The van der Waals surface area contributed by atoms with Crippen molar-refractivity contribution in [2.45, 2.75) is 52.0 Å². The van der Waals surface area contributed by atoms with E-state index in [1.54, 1.807) is 0 Å². The van der Waals surface area contributed by atoms with Gasteiger partial charge in [-0.3, -0.25) is 9.13 Å². The van der Waals surface area contributed by atoms with Gasteiger partial charge in [0.05, 0.1) is 0 Å². The van der Waals surface area contributed by atoms with Crippen molar-refractivity contribution in [3.05, 3.63) is 0 Å². The third-order valence-electron chi connectivity index (χ3n) is 4.93. The van der Waals surface area contributed by atoms with E-state index in [0.29, 0.717) is 12.8 Å². The topological polar surface area (TPSA) is 135 Å². The second-order valence-corrected chi connectivity index (χ2v) is 11.1. The maximum absolute atomic E-state index is 11.4. The van der Waals surface area contributed by atoms with Crippen LogP contribution in [0.5, 0.6) is 0 Å². The largest absolute Gasteiger partial charge is 1.00 e. The van der Waals surface area contributed by atoms with Gasteiger partial charge in [0.15, 0.2) is 0 Å². The van der Waals surface area contributed by atoms with Crippen LogP contribution in [-0.2, 0) is 9.13 Å². The molecule has 0 atom stereocenters. The Morgan fingerprint density at radius 2 is 1.23 bits per heavy atom. The molecular formula is C11H26Na2O7P2. The van der Waals surface area contributed by atoms with Crippen LogP contribution >= 0.6 is 15.2 Å². The van der Waals surface area contributed by atoms with E-state index >= 15 is 0 Å². The first-order valence-corrected chi connectivity index (χ1v) is 9.60. The van der Waals surface area contributed by atoms with Gasteiger partial charge in [-0.15, -0.1) is 0 Å². The minimum Gasteiger partial charge on any atom is -1.00 e. The Morgan fingerprint density at radius 1 is 0.955 bits per heavy atom. The standard InChI is InChI=1S/C11H24O7P2.2Na.2H/c1-9(2)5-8(6-10(9,3)4)7-11(12,19(13,14)15)20(16,17)18;;;;/h8,12H,5-7H2,1-4H3,(H2,13,14,15)(H2,16,17,18);;;;/q;2*+1;2*-1. The summed E-state index contributed by atoms with van der Waals surface area (Å²) in [4.78, 5) is 36.6. The molecule has 0 amide bonds. The van der Waals surface area contributed by atoms with E-state index in [9.17, 15) is 14.2 Å². The third kappa shape index (κ3) is 5.14. The van der Waals surface area contributed by atoms with Crippen molar-refractivity contribution in [1.82, 2.24) is 0 Å². The minimum atomic E-state index is -5.35. The number of hydrogen-bond acceptors (Lipinski definition) is 3. The van der Waals surface area contributed by atoms with E-state index in [1.807, 2.05) is 27.7 Å². The van der Waals surface area contributed by atoms with Gasteiger partial charge in [0.25, 0.3) is 5.08 Å². The molecule has 0 aromatic carbocycles. The first-order chi connectivity index (χ1) is 8.54. The molecule has 0 unspecified atom stereocenters. The summed E-state index contributed by atoms with van der Waals surface area (Å²) in [5, 5.41) is 6.67. The van der Waals surface area contributed by atoms with Crippen molar-refractivity contribution in [3.8, 4) is 0 Å². The van der Waals surface area contributed by atoms with Gasteiger partial charge >= 0.3 is 74.3 Å². The molecule has 22 heavy (non-hydrogen) atoms. The van der Waals surface area contributed by atoms with E-state index in [4.69, 9.17) is 19.6 Å². The van der Waals surface area contributed by atoms with Crippen LogP contribution in [0.2, 0.25) is 0 Å². The van der Waals surface area contributed by atoms with Gasteiger partial charge in [0.2, 0.25) is 0 Å². The zero-order valence-electron chi connectivity index (χ0n) is 16.1. The number of hydrogen-bond donors (Lipinski definition) is 5. The van der Waals surface area contributed by atoms with E-state index in [1.165, 1.54) is 0 Å². The summed E-state index contributed by atoms with van der Waals surface area (Å²) in [6.07, 6.45) is 0.485. The predicted molar refractivity (Wildman–Crippen MR) is 76.2 cm³/mol. The molecule has 1 aliphatic rings. The molecule has 1 rings (SSSR count). The molecule has 7 nitrogen and oxygen atoms in total. The average molecular weight is 378 g/mol. The molecule has 0 aromatic rings. The van der Waals surface area contributed by atoms with Crippen LogP contribution in [0.15, 0.2) is 0 Å². The maximum Gasteiger partial charge on any atom is 1.00 e. The fraction of sp³-hybridized carbons (Fsp3) is 1.00. The van der Waals surface area contributed by atoms with Crippen molar-refractivity contribution in [1.29, 1.82) is 0 Å². The Morgan fingerprint density at radius 3 is 1.45 bits per heavy atom. The average Bonchev–Trinajstić information content (AvgIpc) is 2.30. The van der Waals surface area contributed by atoms with Crippen LogP contribution < -0.4 is 59.1 Å². The Kier molecular flexibility index (Phi) is 9.48. The molecule has 124 valence electrons. The first-order valence-electron chi connectivity index (χ1n) is 6.37. The van der Waals surface area contributed by atoms with Crippen LogP contribution in [0.4, 0.5) is 0 Å². The molecule has 0 aromatic heterocycles. The minimum absolute atomic E-state index is 0. The van der Waals surface area contributed by atoms with E-state index in [-0.39, 0.29) is 78.7 Å². The van der Waals surface area contributed by atoms with Crippen molar-refractivity contribution in [3.63, 3.8) is 0 Å². The number of rotatable bonds is 4. The summed E-state index contributed by atoms with van der Waals surface area (Å²) in [6, 6.07) is 0. The molecule has 1 aliphatic carbocycles. The molecule has 0 bridgehead atoms. The van der Waals surface area contributed by atoms with Gasteiger partial charge in [0.1, 0.15) is 0 Å². The van der Waals surface area contributed by atoms with Crippen molar-refractivity contribution in [2.75, 3.05) is 0 Å². The quantitative estimate of drug-likeness (QED) is 0.249. The number of aliphatic hydroxyl groups is 1. The fourth-order valence-corrected chi connectivity index (χ4v) is 5.36. The van der Waals surface area contributed by atoms with Crippen molar-refractivity contribution >= 4 is 15.2 Å². The van der Waals surface area contributed by atoms with Gasteiger partial charge in [-0.2, -0.15) is 0 Å². The molecule has 5 N–H and O–H groups in total. The van der Waals surface area contributed by atoms with Crippen molar-refractivity contribution < 1.29 is 95.8 Å². The van der Waals surface area contributed by atoms with Crippen LogP contribution in [0, 0.1) is 16.7 Å². The third-order valence-corrected chi connectivity index (χ3v) is 8.72. The zero-order valence-corrected chi connectivity index (χ0v) is 19.9. The van der Waals surface area contributed by atoms with Gasteiger partial charge in [-0.1, -0.05) is 27.7 Å². The van der Waals surface area contributed by atoms with Gasteiger partial charge < -0.3 is 27.5 Å². The van der Waals surface area contributed by atoms with Crippen LogP contribution in [0.3, 0.4) is 0 Å². The van der Waals surface area contributed by atoms with E-state index < -0.39 is 26.7 Å². The molecule has 0 heterocycles. The predicted octanol–water partition coefficient (Wildman–Crippen LogP) is -3.93. The summed E-state index contributed by atoms with van der Waals surface area (Å²) in [5.74, 6) is -0.356. The Hall–Kier alpha value is 2.26. The molecule has 0 saturated heterocycles. The monoisotopic (exact) mass is 378 g/mol. The summed E-state index contributed by atoms with van der Waals surface area (Å²) < 4.78 is 22.7. The summed E-state index contributed by atoms with van der Waals surface area (Å²) in [7, 11) is -10.7. The molecule has 0 aliphatic heterocycles. The SMILES string of the molecule is CC1(C)CC(CC(O)(P(=O)(O)O)P(=O)(O)O)CC1(C)C.[H-].[H-].[Na+].[Na+]. The zero-order chi connectivity index (χ0) is 16.2. The van der Waals surface area contributed by atoms with Gasteiger partial charge in [-0.05, 0) is 29.6 Å². The Labute approximate surface area is 178 Å². The summed E-state index contributed by atoms with van der Waals surface area (Å²) in [6.45, 7) is 8.00. The van der Waals surface area contributed by atoms with E-state index in [2.05, 4.69) is 0 Å². The first kappa shape index (κ1) is 26.5. The molecular weight excluding hydrogens is 352 g/mol. The van der Waals surface area contributed by atoms with Gasteiger partial charge in [-0.25, -0.2) is 0 Å². The molecule has 11 heteroatoms. The smallest absolute Gasteiger partial charge is 1.00 e. The second-order valence-electron chi connectivity index (χ2n) is 7.11. The molecule has 0 spiro atoms. The molecule has 1 fully saturated rings. The van der Waals surface area contributed by atoms with Crippen LogP contribution in [-0.4, -0.2) is 29.8 Å². The van der Waals surface area contributed by atoms with E-state index in [0.717, 1.165) is 0 Å². The van der Waals surface area contributed by atoms with Crippen LogP contribution in [0.25, 0.3) is 0 Å². The molecule has 0 radical (unpaired) electrons. The Bertz CT molecular complexity index is 455. The molecule has 1 saturated carbocycles.